The van der Waals surface area contributed by atoms with Gasteiger partial charge in [-0.15, -0.1) is 0 Å². The van der Waals surface area contributed by atoms with Crippen LogP contribution in [0.25, 0.3) is 0 Å². The number of halogens is 1. The average molecular weight is 286 g/mol. The molecule has 6 heteroatoms. The van der Waals surface area contributed by atoms with Crippen LogP contribution in [0.4, 0.5) is 5.69 Å². The van der Waals surface area contributed by atoms with Crippen molar-refractivity contribution in [2.75, 3.05) is 11.9 Å². The molecule has 1 heterocycles. The first-order chi connectivity index (χ1) is 8.99. The molecule has 1 aliphatic carbocycles. The number of anilines is 1. The maximum atomic E-state index is 12.3. The van der Waals surface area contributed by atoms with Crippen molar-refractivity contribution in [3.05, 3.63) is 21.6 Å². The van der Waals surface area contributed by atoms with Crippen molar-refractivity contribution in [3.8, 4) is 0 Å². The van der Waals surface area contributed by atoms with Gasteiger partial charge in [0.05, 0.1) is 23.4 Å². The second-order valence-corrected chi connectivity index (χ2v) is 5.90. The first-order valence-corrected chi connectivity index (χ1v) is 7.01. The highest BCUT2D eigenvalue weighted by Crippen LogP contribution is 2.30. The third-order valence-corrected chi connectivity index (χ3v) is 3.97. The summed E-state index contributed by atoms with van der Waals surface area (Å²) in [5.41, 5.74) is -0.440. The molecule has 2 N–H and O–H groups in total. The van der Waals surface area contributed by atoms with E-state index in [1.165, 1.54) is 10.9 Å². The van der Waals surface area contributed by atoms with Crippen LogP contribution in [0, 0.1) is 5.92 Å². The maximum Gasteiger partial charge on any atom is 0.291 e. The van der Waals surface area contributed by atoms with Crippen LogP contribution in [-0.4, -0.2) is 27.0 Å². The number of aliphatic hydroxyl groups excluding tert-OH is 1. The number of aromatic nitrogens is 2. The molecule has 1 aromatic rings. The van der Waals surface area contributed by atoms with Crippen LogP contribution in [0.15, 0.2) is 11.0 Å². The van der Waals surface area contributed by atoms with Crippen molar-refractivity contribution in [1.82, 2.24) is 9.78 Å². The van der Waals surface area contributed by atoms with E-state index in [0.29, 0.717) is 29.6 Å². The summed E-state index contributed by atoms with van der Waals surface area (Å²) < 4.78 is 1.46. The van der Waals surface area contributed by atoms with Gasteiger partial charge in [0, 0.05) is 6.54 Å². The van der Waals surface area contributed by atoms with Crippen LogP contribution in [0.3, 0.4) is 0 Å². The minimum Gasteiger partial charge on any atom is -0.394 e. The monoisotopic (exact) mass is 285 g/mol. The number of nitrogens with one attached hydrogen (secondary N) is 1. The Hall–Kier alpha value is -1.07. The molecular formula is C13H20ClN3O2. The van der Waals surface area contributed by atoms with E-state index < -0.39 is 5.54 Å². The van der Waals surface area contributed by atoms with Crippen LogP contribution < -0.4 is 10.9 Å². The third kappa shape index (κ3) is 3.28. The highest BCUT2D eigenvalue weighted by molar-refractivity contribution is 6.33. The Balaban J connectivity index is 2.30. The van der Waals surface area contributed by atoms with Crippen molar-refractivity contribution in [2.24, 2.45) is 5.92 Å². The summed E-state index contributed by atoms with van der Waals surface area (Å²) >= 11 is 6.05. The van der Waals surface area contributed by atoms with E-state index in [2.05, 4.69) is 10.4 Å². The molecule has 106 valence electrons. The highest BCUT2D eigenvalue weighted by atomic mass is 35.5. The topological polar surface area (TPSA) is 67.2 Å². The quantitative estimate of drug-likeness (QED) is 0.837. The van der Waals surface area contributed by atoms with Gasteiger partial charge in [-0.25, -0.2) is 4.68 Å². The third-order valence-electron chi connectivity index (χ3n) is 3.68. The van der Waals surface area contributed by atoms with Gasteiger partial charge in [-0.05, 0) is 32.1 Å². The number of aliphatic hydroxyl groups is 1. The molecule has 0 bridgehead atoms. The van der Waals surface area contributed by atoms with Gasteiger partial charge in [-0.1, -0.05) is 18.5 Å². The minimum atomic E-state index is -0.554. The molecular weight excluding hydrogens is 266 g/mol. The van der Waals surface area contributed by atoms with Crippen molar-refractivity contribution < 1.29 is 5.11 Å². The SMILES string of the molecule is CCC(C)(CO)Nc1c(Cl)cnn(CC2CC2)c1=O. The van der Waals surface area contributed by atoms with E-state index in [1.807, 2.05) is 13.8 Å². The second kappa shape index (κ2) is 5.51. The van der Waals surface area contributed by atoms with Gasteiger partial charge in [0.25, 0.3) is 5.56 Å². The van der Waals surface area contributed by atoms with E-state index in [9.17, 15) is 9.90 Å². The first kappa shape index (κ1) is 14.3. The lowest BCUT2D eigenvalue weighted by Crippen LogP contribution is -2.41. The van der Waals surface area contributed by atoms with Crippen molar-refractivity contribution in [2.45, 2.75) is 45.2 Å². The van der Waals surface area contributed by atoms with Crippen LogP contribution in [-0.2, 0) is 6.54 Å². The Kier molecular flexibility index (Phi) is 4.16. The lowest BCUT2D eigenvalue weighted by Gasteiger charge is -2.28. The zero-order chi connectivity index (χ0) is 14.0. The van der Waals surface area contributed by atoms with E-state index >= 15 is 0 Å². The zero-order valence-corrected chi connectivity index (χ0v) is 12.1. The lowest BCUT2D eigenvalue weighted by atomic mass is 10.00. The molecule has 1 aromatic heterocycles. The second-order valence-electron chi connectivity index (χ2n) is 5.50. The van der Waals surface area contributed by atoms with Gasteiger partial charge in [0.15, 0.2) is 0 Å². The first-order valence-electron chi connectivity index (χ1n) is 6.64. The molecule has 0 spiro atoms. The summed E-state index contributed by atoms with van der Waals surface area (Å²) in [6.07, 6.45) is 4.48. The molecule has 19 heavy (non-hydrogen) atoms. The summed E-state index contributed by atoms with van der Waals surface area (Å²) in [5.74, 6) is 0.564. The van der Waals surface area contributed by atoms with Gasteiger partial charge < -0.3 is 10.4 Å². The van der Waals surface area contributed by atoms with Crippen LogP contribution in [0.2, 0.25) is 5.02 Å². The molecule has 0 aromatic carbocycles. The largest absolute Gasteiger partial charge is 0.394 e. The van der Waals surface area contributed by atoms with Gasteiger partial charge >= 0.3 is 0 Å². The molecule has 0 amide bonds. The number of hydrogen-bond donors (Lipinski definition) is 2. The van der Waals surface area contributed by atoms with Gasteiger partial charge in [0.2, 0.25) is 0 Å². The Morgan fingerprint density at radius 3 is 2.84 bits per heavy atom. The van der Waals surface area contributed by atoms with E-state index in [1.54, 1.807) is 0 Å². The molecule has 1 saturated carbocycles. The van der Waals surface area contributed by atoms with Crippen LogP contribution >= 0.6 is 11.6 Å². The van der Waals surface area contributed by atoms with E-state index in [4.69, 9.17) is 11.6 Å². The highest BCUT2D eigenvalue weighted by Gasteiger charge is 2.26. The predicted octanol–water partition coefficient (Wildman–Crippen LogP) is 1.88. The number of nitrogens with zero attached hydrogens (tertiary/aromatic N) is 2. The van der Waals surface area contributed by atoms with E-state index in [-0.39, 0.29) is 12.2 Å². The molecule has 1 atom stereocenters. The molecule has 0 saturated heterocycles. The van der Waals surface area contributed by atoms with Crippen LogP contribution in [0.5, 0.6) is 0 Å². The smallest absolute Gasteiger partial charge is 0.291 e. The number of hydrogen-bond acceptors (Lipinski definition) is 4. The molecule has 1 fully saturated rings. The Morgan fingerprint density at radius 2 is 2.32 bits per heavy atom. The molecule has 0 radical (unpaired) electrons. The van der Waals surface area contributed by atoms with Gasteiger partial charge in [-0.2, -0.15) is 5.10 Å². The average Bonchev–Trinajstić information content (AvgIpc) is 3.22. The molecule has 1 unspecified atom stereocenters. The zero-order valence-electron chi connectivity index (χ0n) is 11.3. The van der Waals surface area contributed by atoms with Crippen LogP contribution in [0.1, 0.15) is 33.1 Å². The standard InChI is InChI=1S/C13H20ClN3O2/c1-3-13(2,8-18)16-11-10(14)6-15-17(12(11)19)7-9-4-5-9/h6,9,16,18H,3-5,7-8H2,1-2H3. The fourth-order valence-corrected chi connectivity index (χ4v) is 1.97. The predicted molar refractivity (Wildman–Crippen MR) is 75.6 cm³/mol. The summed E-state index contributed by atoms with van der Waals surface area (Å²) in [4.78, 5) is 12.3. The minimum absolute atomic E-state index is 0.0653. The van der Waals surface area contributed by atoms with Crippen molar-refractivity contribution >= 4 is 17.3 Å². The lowest BCUT2D eigenvalue weighted by molar-refractivity contribution is 0.218. The summed E-state index contributed by atoms with van der Waals surface area (Å²) in [6.45, 7) is 4.38. The van der Waals surface area contributed by atoms with Crippen molar-refractivity contribution in [3.63, 3.8) is 0 Å². The fourth-order valence-electron chi connectivity index (χ4n) is 1.80. The molecule has 5 nitrogen and oxygen atoms in total. The maximum absolute atomic E-state index is 12.3. The normalized spacial score (nSPS) is 18.1. The molecule has 1 aliphatic rings. The van der Waals surface area contributed by atoms with Gasteiger partial charge in [0.1, 0.15) is 5.69 Å². The number of rotatable bonds is 6. The summed E-state index contributed by atoms with van der Waals surface area (Å²) in [6, 6.07) is 0. The molecule has 0 aliphatic heterocycles. The fraction of sp³-hybridized carbons (Fsp3) is 0.692. The Bertz CT molecular complexity index is 507. The Morgan fingerprint density at radius 1 is 1.63 bits per heavy atom. The summed E-state index contributed by atoms with van der Waals surface area (Å²) in [7, 11) is 0. The van der Waals surface area contributed by atoms with Crippen molar-refractivity contribution in [1.29, 1.82) is 0 Å². The van der Waals surface area contributed by atoms with E-state index in [0.717, 1.165) is 12.8 Å². The molecule has 2 rings (SSSR count). The van der Waals surface area contributed by atoms with Gasteiger partial charge in [-0.3, -0.25) is 4.79 Å². The Labute approximate surface area is 117 Å². The summed E-state index contributed by atoms with van der Waals surface area (Å²) in [5, 5.41) is 16.9.